The van der Waals surface area contributed by atoms with Gasteiger partial charge < -0.3 is 5.32 Å². The molecule has 0 fully saturated rings. The molecule has 0 aromatic carbocycles. The molecule has 1 unspecified atom stereocenters. The van der Waals surface area contributed by atoms with Gasteiger partial charge in [-0.05, 0) is 38.4 Å². The maximum atomic E-state index is 4.14. The van der Waals surface area contributed by atoms with Gasteiger partial charge in [-0.25, -0.2) is 0 Å². The molecule has 14 heavy (non-hydrogen) atoms. The first-order chi connectivity index (χ1) is 6.69. The van der Waals surface area contributed by atoms with Crippen LogP contribution >= 0.6 is 0 Å². The fourth-order valence-corrected chi connectivity index (χ4v) is 1.64. The Morgan fingerprint density at radius 1 is 1.29 bits per heavy atom. The molecule has 0 bridgehead atoms. The lowest BCUT2D eigenvalue weighted by atomic mass is 10.0. The summed E-state index contributed by atoms with van der Waals surface area (Å²) in [5.74, 6) is 0. The molecule has 0 spiro atoms. The highest BCUT2D eigenvalue weighted by Crippen LogP contribution is 2.18. The highest BCUT2D eigenvalue weighted by molar-refractivity contribution is 5.23. The van der Waals surface area contributed by atoms with Gasteiger partial charge in [0, 0.05) is 6.04 Å². The number of hydrogen-bond donors (Lipinski definition) is 1. The fourth-order valence-electron chi connectivity index (χ4n) is 1.64. The zero-order valence-corrected chi connectivity index (χ0v) is 9.46. The lowest BCUT2D eigenvalue weighted by molar-refractivity contribution is 0.530. The summed E-state index contributed by atoms with van der Waals surface area (Å²) in [5, 5.41) is 11.6. The van der Waals surface area contributed by atoms with Gasteiger partial charge in [0.2, 0.25) is 0 Å². The van der Waals surface area contributed by atoms with E-state index in [0.29, 0.717) is 6.04 Å². The summed E-state index contributed by atoms with van der Waals surface area (Å²) in [6, 6.07) is 2.54. The molecule has 1 aromatic heterocycles. The zero-order valence-electron chi connectivity index (χ0n) is 9.46. The summed E-state index contributed by atoms with van der Waals surface area (Å²) >= 11 is 0. The summed E-state index contributed by atoms with van der Waals surface area (Å²) in [7, 11) is 0. The van der Waals surface area contributed by atoms with Crippen LogP contribution in [0.25, 0.3) is 0 Å². The second kappa shape index (κ2) is 5.05. The number of nitrogens with zero attached hydrogens (tertiary/aromatic N) is 2. The maximum absolute atomic E-state index is 4.14. The minimum absolute atomic E-state index is 0.411. The van der Waals surface area contributed by atoms with Gasteiger partial charge in [-0.2, -0.15) is 10.2 Å². The Bertz CT molecular complexity index is 297. The summed E-state index contributed by atoms with van der Waals surface area (Å²) in [5.41, 5.74) is 3.30. The van der Waals surface area contributed by atoms with E-state index in [1.807, 2.05) is 13.8 Å². The number of hydrogen-bond acceptors (Lipinski definition) is 3. The molecule has 0 saturated heterocycles. The van der Waals surface area contributed by atoms with Crippen LogP contribution in [-0.4, -0.2) is 16.7 Å². The van der Waals surface area contributed by atoms with Crippen LogP contribution in [-0.2, 0) is 0 Å². The van der Waals surface area contributed by atoms with E-state index in [1.54, 1.807) is 0 Å². The predicted molar refractivity (Wildman–Crippen MR) is 58.2 cm³/mol. The minimum atomic E-state index is 0.411. The van der Waals surface area contributed by atoms with Crippen molar-refractivity contribution in [2.75, 3.05) is 6.54 Å². The smallest absolute Gasteiger partial charge is 0.0648 e. The van der Waals surface area contributed by atoms with Crippen LogP contribution < -0.4 is 5.32 Å². The largest absolute Gasteiger partial charge is 0.310 e. The molecule has 1 heterocycles. The van der Waals surface area contributed by atoms with Crippen molar-refractivity contribution < 1.29 is 0 Å². The SMILES string of the molecule is CCNC(CC)c1cc(C)nnc1C. The number of aromatic nitrogens is 2. The van der Waals surface area contributed by atoms with E-state index in [0.717, 1.165) is 24.4 Å². The highest BCUT2D eigenvalue weighted by atomic mass is 15.1. The topological polar surface area (TPSA) is 37.8 Å². The molecule has 0 aliphatic carbocycles. The van der Waals surface area contributed by atoms with Gasteiger partial charge in [0.1, 0.15) is 0 Å². The fraction of sp³-hybridized carbons (Fsp3) is 0.636. The van der Waals surface area contributed by atoms with Crippen LogP contribution in [0.3, 0.4) is 0 Å². The van der Waals surface area contributed by atoms with Crippen molar-refractivity contribution in [1.82, 2.24) is 15.5 Å². The van der Waals surface area contributed by atoms with E-state index in [-0.39, 0.29) is 0 Å². The van der Waals surface area contributed by atoms with Gasteiger partial charge >= 0.3 is 0 Å². The van der Waals surface area contributed by atoms with Crippen molar-refractivity contribution in [2.24, 2.45) is 0 Å². The van der Waals surface area contributed by atoms with Crippen LogP contribution in [0.1, 0.15) is 43.3 Å². The molecule has 0 saturated carbocycles. The quantitative estimate of drug-likeness (QED) is 0.796. The normalized spacial score (nSPS) is 12.9. The van der Waals surface area contributed by atoms with E-state index in [4.69, 9.17) is 0 Å². The van der Waals surface area contributed by atoms with Gasteiger partial charge in [-0.15, -0.1) is 0 Å². The second-order valence-corrected chi connectivity index (χ2v) is 3.54. The molecule has 3 heteroatoms. The third-order valence-electron chi connectivity index (χ3n) is 2.37. The van der Waals surface area contributed by atoms with Gasteiger partial charge in [-0.1, -0.05) is 13.8 Å². The molecule has 0 radical (unpaired) electrons. The van der Waals surface area contributed by atoms with Crippen LogP contribution in [0.15, 0.2) is 6.07 Å². The van der Waals surface area contributed by atoms with Gasteiger partial charge in [0.15, 0.2) is 0 Å². The first-order valence-electron chi connectivity index (χ1n) is 5.23. The molecule has 1 N–H and O–H groups in total. The first-order valence-corrected chi connectivity index (χ1v) is 5.23. The molecule has 78 valence electrons. The van der Waals surface area contributed by atoms with Crippen molar-refractivity contribution in [3.05, 3.63) is 23.0 Å². The van der Waals surface area contributed by atoms with E-state index in [2.05, 4.69) is 35.4 Å². The van der Waals surface area contributed by atoms with Gasteiger partial charge in [0.25, 0.3) is 0 Å². The van der Waals surface area contributed by atoms with E-state index in [9.17, 15) is 0 Å². The third kappa shape index (κ3) is 2.51. The Morgan fingerprint density at radius 2 is 2.00 bits per heavy atom. The van der Waals surface area contributed by atoms with Gasteiger partial charge in [0.05, 0.1) is 11.4 Å². The molecule has 1 rings (SSSR count). The Morgan fingerprint density at radius 3 is 2.57 bits per heavy atom. The molecule has 1 atom stereocenters. The molecule has 0 aliphatic rings. The predicted octanol–water partition coefficient (Wildman–Crippen LogP) is 2.15. The van der Waals surface area contributed by atoms with Crippen molar-refractivity contribution in [1.29, 1.82) is 0 Å². The molecule has 3 nitrogen and oxygen atoms in total. The first kappa shape index (κ1) is 11.1. The molecule has 0 amide bonds. The van der Waals surface area contributed by atoms with Crippen molar-refractivity contribution in [2.45, 2.75) is 40.2 Å². The molecular formula is C11H19N3. The van der Waals surface area contributed by atoms with Crippen molar-refractivity contribution in [3.63, 3.8) is 0 Å². The Balaban J connectivity index is 2.96. The van der Waals surface area contributed by atoms with Gasteiger partial charge in [-0.3, -0.25) is 0 Å². The average molecular weight is 193 g/mol. The number of nitrogens with one attached hydrogen (secondary N) is 1. The van der Waals surface area contributed by atoms with Crippen molar-refractivity contribution >= 4 is 0 Å². The lowest BCUT2D eigenvalue weighted by Gasteiger charge is -2.17. The molecular weight excluding hydrogens is 174 g/mol. The average Bonchev–Trinajstić information content (AvgIpc) is 2.18. The maximum Gasteiger partial charge on any atom is 0.0648 e. The van der Waals surface area contributed by atoms with Crippen LogP contribution in [0, 0.1) is 13.8 Å². The molecule has 0 aliphatic heterocycles. The zero-order chi connectivity index (χ0) is 10.6. The van der Waals surface area contributed by atoms with Crippen LogP contribution in [0.5, 0.6) is 0 Å². The summed E-state index contributed by atoms with van der Waals surface area (Å²) in [4.78, 5) is 0. The number of rotatable bonds is 4. The monoisotopic (exact) mass is 193 g/mol. The summed E-state index contributed by atoms with van der Waals surface area (Å²) < 4.78 is 0. The summed E-state index contributed by atoms with van der Waals surface area (Å²) in [6.07, 6.45) is 1.08. The minimum Gasteiger partial charge on any atom is -0.310 e. The third-order valence-corrected chi connectivity index (χ3v) is 2.37. The number of aryl methyl sites for hydroxylation is 2. The second-order valence-electron chi connectivity index (χ2n) is 3.54. The highest BCUT2D eigenvalue weighted by Gasteiger charge is 2.11. The Hall–Kier alpha value is -0.960. The Labute approximate surface area is 85.9 Å². The van der Waals surface area contributed by atoms with E-state index in [1.165, 1.54) is 5.56 Å². The van der Waals surface area contributed by atoms with Crippen molar-refractivity contribution in [3.8, 4) is 0 Å². The lowest BCUT2D eigenvalue weighted by Crippen LogP contribution is -2.21. The van der Waals surface area contributed by atoms with E-state index < -0.39 is 0 Å². The standard InChI is InChI=1S/C11H19N3/c1-5-11(12-6-2)10-7-8(3)13-14-9(10)4/h7,11-12H,5-6H2,1-4H3. The molecule has 1 aromatic rings. The van der Waals surface area contributed by atoms with Crippen LogP contribution in [0.2, 0.25) is 0 Å². The van der Waals surface area contributed by atoms with Crippen LogP contribution in [0.4, 0.5) is 0 Å². The van der Waals surface area contributed by atoms with E-state index >= 15 is 0 Å². The Kier molecular flexibility index (Phi) is 4.01. The summed E-state index contributed by atoms with van der Waals surface area (Å²) in [6.45, 7) is 9.29.